The van der Waals surface area contributed by atoms with Gasteiger partial charge in [-0.15, -0.1) is 10.2 Å². The molecule has 0 unspecified atom stereocenters. The van der Waals surface area contributed by atoms with Gasteiger partial charge in [0.1, 0.15) is 11.4 Å². The fourth-order valence-electron chi connectivity index (χ4n) is 8.06. The van der Waals surface area contributed by atoms with Crippen LogP contribution in [0.1, 0.15) is 57.8 Å². The molecule has 47 heavy (non-hydrogen) atoms. The predicted molar refractivity (Wildman–Crippen MR) is 180 cm³/mol. The molecule has 6 heterocycles. The van der Waals surface area contributed by atoms with Gasteiger partial charge in [-0.05, 0) is 58.7 Å². The van der Waals surface area contributed by atoms with E-state index in [1.54, 1.807) is 12.1 Å². The minimum absolute atomic E-state index is 0.0426. The van der Waals surface area contributed by atoms with Crippen molar-refractivity contribution in [3.63, 3.8) is 0 Å². The summed E-state index contributed by atoms with van der Waals surface area (Å²) in [5, 5.41) is 20.3. The van der Waals surface area contributed by atoms with Gasteiger partial charge >= 0.3 is 6.09 Å². The Morgan fingerprint density at radius 1 is 1.02 bits per heavy atom. The summed E-state index contributed by atoms with van der Waals surface area (Å²) >= 11 is 0. The normalized spacial score (nSPS) is 21.4. The minimum atomic E-state index is -0.447. The van der Waals surface area contributed by atoms with Gasteiger partial charge < -0.3 is 29.5 Å². The Hall–Kier alpha value is -4.45. The van der Waals surface area contributed by atoms with Crippen LogP contribution in [-0.4, -0.2) is 104 Å². The number of aromatic nitrogens is 5. The number of hydrogen-bond acceptors (Lipinski definition) is 10. The number of aromatic amines is 1. The summed E-state index contributed by atoms with van der Waals surface area (Å²) < 4.78 is 5.54. The molecule has 12 heteroatoms. The number of phenolic OH excluding ortho intramolecular Hbond substituents is 1. The highest BCUT2D eigenvalue weighted by Crippen LogP contribution is 2.50. The van der Waals surface area contributed by atoms with Crippen LogP contribution in [-0.2, 0) is 11.2 Å². The third-order valence-electron chi connectivity index (χ3n) is 10.5. The highest BCUT2D eigenvalue weighted by molar-refractivity contribution is 5.86. The van der Waals surface area contributed by atoms with Crippen molar-refractivity contribution < 1.29 is 14.6 Å². The molecule has 3 fully saturated rings. The molecule has 2 N–H and O–H groups in total. The Balaban J connectivity index is 0.879. The van der Waals surface area contributed by atoms with Gasteiger partial charge in [0.05, 0.1) is 29.8 Å². The minimum Gasteiger partial charge on any atom is -0.507 e. The lowest BCUT2D eigenvalue weighted by molar-refractivity contribution is -0.108. The number of para-hydroxylation sites is 1. The lowest BCUT2D eigenvalue weighted by Crippen LogP contribution is -2.69. The molecule has 12 nitrogen and oxygen atoms in total. The topological polar surface area (TPSA) is 127 Å². The van der Waals surface area contributed by atoms with Gasteiger partial charge in [0.25, 0.3) is 0 Å². The predicted octanol–water partition coefficient (Wildman–Crippen LogP) is 4.77. The Bertz CT molecular complexity index is 1800. The monoisotopic (exact) mass is 637 g/mol. The standard InChI is InChI=1S/C35H43N9O3/c1-22-30-26-15-28(25-7-5-6-8-29(25)45)39-40-31(26)38-27(30)9-10-44(22)32-36-18-24(19-37-32)42-13-11-41(12-14-42)23-16-35(17-23)20-43(21-35)33(46)47-34(2,3)4/h5-8,15,18-19,22-23,45H,9-14,16-17,20-21H2,1-4H3,(H,38,40)/t22-/m0/s1. The number of ether oxygens (including phenoxy) is 1. The number of piperazine rings is 1. The van der Waals surface area contributed by atoms with Crippen molar-refractivity contribution >= 4 is 28.8 Å². The second kappa shape index (κ2) is 11.1. The number of amides is 1. The average Bonchev–Trinajstić information content (AvgIpc) is 3.38. The van der Waals surface area contributed by atoms with Crippen LogP contribution in [0.2, 0.25) is 0 Å². The van der Waals surface area contributed by atoms with Crippen molar-refractivity contribution in [3.8, 4) is 17.0 Å². The number of rotatable bonds is 4. The highest BCUT2D eigenvalue weighted by Gasteiger charge is 2.55. The van der Waals surface area contributed by atoms with Crippen LogP contribution in [0, 0.1) is 5.41 Å². The quantitative estimate of drug-likeness (QED) is 0.323. The molecule has 8 rings (SSSR count). The third kappa shape index (κ3) is 5.42. The van der Waals surface area contributed by atoms with Crippen LogP contribution in [0.3, 0.4) is 0 Å². The molecule has 4 aliphatic rings. The Morgan fingerprint density at radius 3 is 2.45 bits per heavy atom. The number of likely N-dealkylation sites (tertiary alicyclic amines) is 1. The van der Waals surface area contributed by atoms with Gasteiger partial charge in [0, 0.05) is 85.9 Å². The van der Waals surface area contributed by atoms with Crippen LogP contribution < -0.4 is 9.80 Å². The molecule has 1 atom stereocenters. The summed E-state index contributed by atoms with van der Waals surface area (Å²) in [5.41, 5.74) is 5.32. The number of hydrogen-bond donors (Lipinski definition) is 2. The number of carbonyl (C=O) groups is 1. The van der Waals surface area contributed by atoms with E-state index in [1.165, 1.54) is 18.4 Å². The molecular weight excluding hydrogens is 594 g/mol. The first-order chi connectivity index (χ1) is 22.6. The summed E-state index contributed by atoms with van der Waals surface area (Å²) in [7, 11) is 0. The SMILES string of the molecule is C[C@H]1c2c([nH]c3nnc(-c4ccccc4O)cc23)CCN1c1ncc(N2CCN(C3CC4(C3)CN(C(=O)OC(C)(C)C)C4)CC2)cn1. The summed E-state index contributed by atoms with van der Waals surface area (Å²) in [4.78, 5) is 34.7. The maximum absolute atomic E-state index is 12.4. The molecule has 1 amide bonds. The molecular formula is C35H43N9O3. The van der Waals surface area contributed by atoms with Crippen molar-refractivity contribution in [2.45, 2.75) is 64.6 Å². The van der Waals surface area contributed by atoms with Crippen molar-refractivity contribution in [1.29, 1.82) is 0 Å². The number of fused-ring (bicyclic) bond motifs is 3. The van der Waals surface area contributed by atoms with E-state index < -0.39 is 5.60 Å². The lowest BCUT2D eigenvalue weighted by Gasteiger charge is -2.61. The summed E-state index contributed by atoms with van der Waals surface area (Å²) in [6.45, 7) is 14.3. The molecule has 3 aromatic heterocycles. The number of H-pyrrole nitrogens is 1. The summed E-state index contributed by atoms with van der Waals surface area (Å²) in [6.07, 6.45) is 6.92. The highest BCUT2D eigenvalue weighted by atomic mass is 16.6. The maximum atomic E-state index is 12.4. The van der Waals surface area contributed by atoms with E-state index in [4.69, 9.17) is 14.7 Å². The van der Waals surface area contributed by atoms with Crippen LogP contribution in [0.5, 0.6) is 5.75 Å². The van der Waals surface area contributed by atoms with Gasteiger partial charge in [-0.2, -0.15) is 0 Å². The number of benzene rings is 1. The molecule has 0 radical (unpaired) electrons. The van der Waals surface area contributed by atoms with Gasteiger partial charge in [-0.3, -0.25) is 4.90 Å². The zero-order valence-electron chi connectivity index (χ0n) is 27.6. The molecule has 1 aliphatic carbocycles. The van der Waals surface area contributed by atoms with E-state index >= 15 is 0 Å². The summed E-state index contributed by atoms with van der Waals surface area (Å²) in [5.74, 6) is 0.914. The van der Waals surface area contributed by atoms with Crippen molar-refractivity contribution in [2.75, 3.05) is 55.6 Å². The second-order valence-corrected chi connectivity index (χ2v) is 14.8. The van der Waals surface area contributed by atoms with Crippen molar-refractivity contribution in [3.05, 3.63) is 54.0 Å². The molecule has 4 aromatic rings. The number of aromatic hydroxyl groups is 1. The number of nitrogens with zero attached hydrogens (tertiary/aromatic N) is 8. The van der Waals surface area contributed by atoms with Gasteiger partial charge in [0.2, 0.25) is 5.95 Å². The second-order valence-electron chi connectivity index (χ2n) is 14.8. The Kier molecular flexibility index (Phi) is 7.05. The Morgan fingerprint density at radius 2 is 1.74 bits per heavy atom. The molecule has 3 aliphatic heterocycles. The van der Waals surface area contributed by atoms with Gasteiger partial charge in [-0.25, -0.2) is 14.8 Å². The van der Waals surface area contributed by atoms with Gasteiger partial charge in [0.15, 0.2) is 5.65 Å². The van der Waals surface area contributed by atoms with Crippen molar-refractivity contribution in [1.82, 2.24) is 34.9 Å². The first-order valence-corrected chi connectivity index (χ1v) is 16.8. The number of carbonyl (C=O) groups excluding carboxylic acids is 1. The molecule has 1 aromatic carbocycles. The van der Waals surface area contributed by atoms with Crippen LogP contribution in [0.25, 0.3) is 22.3 Å². The largest absolute Gasteiger partial charge is 0.507 e. The zero-order chi connectivity index (χ0) is 32.5. The molecule has 2 saturated heterocycles. The van der Waals surface area contributed by atoms with Gasteiger partial charge in [-0.1, -0.05) is 12.1 Å². The third-order valence-corrected chi connectivity index (χ3v) is 10.5. The fraction of sp³-hybridized carbons (Fsp3) is 0.514. The molecule has 246 valence electrons. The maximum Gasteiger partial charge on any atom is 0.410 e. The lowest BCUT2D eigenvalue weighted by atomic mass is 9.60. The van der Waals surface area contributed by atoms with Crippen molar-refractivity contribution in [2.24, 2.45) is 5.41 Å². The smallest absolute Gasteiger partial charge is 0.410 e. The van der Waals surface area contributed by atoms with E-state index in [-0.39, 0.29) is 17.9 Å². The first-order valence-electron chi connectivity index (χ1n) is 16.8. The molecule has 0 bridgehead atoms. The van der Waals surface area contributed by atoms with Crippen LogP contribution in [0.4, 0.5) is 16.4 Å². The van der Waals surface area contributed by atoms with Crippen LogP contribution in [0.15, 0.2) is 42.7 Å². The molecule has 1 saturated carbocycles. The van der Waals surface area contributed by atoms with E-state index in [1.807, 2.05) is 56.3 Å². The zero-order valence-corrected chi connectivity index (χ0v) is 27.6. The van der Waals surface area contributed by atoms with E-state index in [0.717, 1.165) is 80.6 Å². The van der Waals surface area contributed by atoms with Crippen LogP contribution >= 0.6 is 0 Å². The fourth-order valence-corrected chi connectivity index (χ4v) is 8.06. The average molecular weight is 638 g/mol. The number of phenols is 1. The van der Waals surface area contributed by atoms with E-state index in [2.05, 4.69) is 36.8 Å². The van der Waals surface area contributed by atoms with E-state index in [9.17, 15) is 9.90 Å². The Labute approximate surface area is 274 Å². The first kappa shape index (κ1) is 29.9. The molecule has 1 spiro atoms. The summed E-state index contributed by atoms with van der Waals surface area (Å²) in [6, 6.07) is 9.88. The number of anilines is 2. The number of nitrogens with one attached hydrogen (secondary N) is 1. The van der Waals surface area contributed by atoms with E-state index in [0.29, 0.717) is 22.7 Å².